The van der Waals surface area contributed by atoms with E-state index in [0.29, 0.717) is 13.1 Å². The van der Waals surface area contributed by atoms with Gasteiger partial charge in [0, 0.05) is 19.3 Å². The van der Waals surface area contributed by atoms with Crippen LogP contribution in [0.4, 0.5) is 5.69 Å². The summed E-state index contributed by atoms with van der Waals surface area (Å²) in [5.74, 6) is 0.00648. The number of nitrogens with two attached hydrogens (primary N) is 1. The van der Waals surface area contributed by atoms with Gasteiger partial charge in [0.05, 0.1) is 6.54 Å². The Labute approximate surface area is 90.1 Å². The highest BCUT2D eigenvalue weighted by Crippen LogP contribution is 2.11. The summed E-state index contributed by atoms with van der Waals surface area (Å²) in [4.78, 5) is 13.0. The van der Waals surface area contributed by atoms with Crippen LogP contribution in [0, 0.1) is 0 Å². The molecule has 0 saturated carbocycles. The average molecular weight is 207 g/mol. The molecule has 15 heavy (non-hydrogen) atoms. The maximum atomic E-state index is 11.1. The van der Waals surface area contributed by atoms with Crippen molar-refractivity contribution in [2.24, 2.45) is 0 Å². The van der Waals surface area contributed by atoms with Crippen LogP contribution in [0.15, 0.2) is 24.3 Å². The molecule has 1 amide bonds. The third-order valence-corrected chi connectivity index (χ3v) is 2.19. The molecule has 0 fully saturated rings. The lowest BCUT2D eigenvalue weighted by atomic mass is 10.2. The van der Waals surface area contributed by atoms with E-state index in [1.165, 1.54) is 0 Å². The van der Waals surface area contributed by atoms with Crippen molar-refractivity contribution in [2.75, 3.05) is 26.4 Å². The fourth-order valence-corrected chi connectivity index (χ4v) is 1.35. The molecular weight excluding hydrogens is 190 g/mol. The minimum Gasteiger partial charge on any atom is -0.398 e. The van der Waals surface area contributed by atoms with Gasteiger partial charge in [-0.15, -0.1) is 0 Å². The first-order valence-electron chi connectivity index (χ1n) is 4.86. The summed E-state index contributed by atoms with van der Waals surface area (Å²) in [6.45, 7) is 1.06. The number of nitrogen functional groups attached to an aromatic ring is 1. The highest BCUT2D eigenvalue weighted by atomic mass is 16.1. The lowest BCUT2D eigenvalue weighted by Gasteiger charge is -2.16. The predicted octanol–water partition coefficient (Wildman–Crippen LogP) is 0.447. The predicted molar refractivity (Wildman–Crippen MR) is 61.3 cm³/mol. The van der Waals surface area contributed by atoms with Crippen LogP contribution >= 0.6 is 0 Å². The minimum absolute atomic E-state index is 0.00648. The fourth-order valence-electron chi connectivity index (χ4n) is 1.35. The molecule has 0 spiro atoms. The molecule has 0 unspecified atom stereocenters. The van der Waals surface area contributed by atoms with E-state index in [9.17, 15) is 4.79 Å². The SMILES string of the molecule is CNC(=O)CN(C)Cc1ccccc1N. The zero-order valence-electron chi connectivity index (χ0n) is 9.16. The molecule has 0 aromatic heterocycles. The molecule has 82 valence electrons. The normalized spacial score (nSPS) is 10.3. The molecule has 4 nitrogen and oxygen atoms in total. The van der Waals surface area contributed by atoms with E-state index in [1.807, 2.05) is 36.2 Å². The van der Waals surface area contributed by atoms with E-state index in [2.05, 4.69) is 5.32 Å². The summed E-state index contributed by atoms with van der Waals surface area (Å²) in [6.07, 6.45) is 0. The Bertz CT molecular complexity index is 338. The Morgan fingerprint density at radius 1 is 1.47 bits per heavy atom. The number of hydrogen-bond acceptors (Lipinski definition) is 3. The van der Waals surface area contributed by atoms with Crippen molar-refractivity contribution >= 4 is 11.6 Å². The van der Waals surface area contributed by atoms with Gasteiger partial charge in [0.1, 0.15) is 0 Å². The largest absolute Gasteiger partial charge is 0.398 e. The van der Waals surface area contributed by atoms with Crippen molar-refractivity contribution in [3.63, 3.8) is 0 Å². The maximum Gasteiger partial charge on any atom is 0.233 e. The highest BCUT2D eigenvalue weighted by molar-refractivity contribution is 5.77. The topological polar surface area (TPSA) is 58.4 Å². The molecule has 0 heterocycles. The molecule has 1 rings (SSSR count). The molecule has 0 radical (unpaired) electrons. The lowest BCUT2D eigenvalue weighted by molar-refractivity contribution is -0.121. The average Bonchev–Trinajstić information content (AvgIpc) is 2.21. The van der Waals surface area contributed by atoms with Gasteiger partial charge in [-0.25, -0.2) is 0 Å². The quantitative estimate of drug-likeness (QED) is 0.705. The summed E-state index contributed by atoms with van der Waals surface area (Å²) in [5, 5.41) is 2.58. The number of nitrogens with zero attached hydrogens (tertiary/aromatic N) is 1. The highest BCUT2D eigenvalue weighted by Gasteiger charge is 2.06. The molecule has 3 N–H and O–H groups in total. The molecular formula is C11H17N3O. The number of hydrogen-bond donors (Lipinski definition) is 2. The van der Waals surface area contributed by atoms with Crippen LogP contribution in [0.1, 0.15) is 5.56 Å². The van der Waals surface area contributed by atoms with Crippen molar-refractivity contribution in [1.82, 2.24) is 10.2 Å². The van der Waals surface area contributed by atoms with Gasteiger partial charge in [-0.1, -0.05) is 18.2 Å². The molecule has 0 saturated heterocycles. The third-order valence-electron chi connectivity index (χ3n) is 2.19. The number of anilines is 1. The second-order valence-electron chi connectivity index (χ2n) is 3.54. The van der Waals surface area contributed by atoms with Crippen molar-refractivity contribution in [3.05, 3.63) is 29.8 Å². The Morgan fingerprint density at radius 3 is 2.73 bits per heavy atom. The van der Waals surface area contributed by atoms with E-state index >= 15 is 0 Å². The number of amides is 1. The van der Waals surface area contributed by atoms with E-state index in [1.54, 1.807) is 7.05 Å². The first-order valence-corrected chi connectivity index (χ1v) is 4.86. The first kappa shape index (κ1) is 11.5. The zero-order chi connectivity index (χ0) is 11.3. The van der Waals surface area contributed by atoms with Crippen LogP contribution in [0.3, 0.4) is 0 Å². The van der Waals surface area contributed by atoms with Gasteiger partial charge in [0.25, 0.3) is 0 Å². The number of rotatable bonds is 4. The molecule has 0 bridgehead atoms. The van der Waals surface area contributed by atoms with Crippen LogP contribution in [-0.4, -0.2) is 31.4 Å². The van der Waals surface area contributed by atoms with Crippen molar-refractivity contribution in [1.29, 1.82) is 0 Å². The zero-order valence-corrected chi connectivity index (χ0v) is 9.16. The number of benzene rings is 1. The number of carbonyl (C=O) groups excluding carboxylic acids is 1. The van der Waals surface area contributed by atoms with Gasteiger partial charge >= 0.3 is 0 Å². The Kier molecular flexibility index (Phi) is 4.12. The first-order chi connectivity index (χ1) is 7.13. The standard InChI is InChI=1S/C11H17N3O/c1-13-11(15)8-14(2)7-9-5-3-4-6-10(9)12/h3-6H,7-8,12H2,1-2H3,(H,13,15). The van der Waals surface area contributed by atoms with Gasteiger partial charge in [-0.3, -0.25) is 9.69 Å². The van der Waals surface area contributed by atoms with Gasteiger partial charge < -0.3 is 11.1 Å². The van der Waals surface area contributed by atoms with Gasteiger partial charge in [-0.05, 0) is 18.7 Å². The third kappa shape index (κ3) is 3.59. The minimum atomic E-state index is 0.00648. The summed E-state index contributed by atoms with van der Waals surface area (Å²) in [5.41, 5.74) is 7.62. The number of para-hydroxylation sites is 1. The summed E-state index contributed by atoms with van der Waals surface area (Å²) in [7, 11) is 3.52. The smallest absolute Gasteiger partial charge is 0.233 e. The van der Waals surface area contributed by atoms with E-state index in [0.717, 1.165) is 11.3 Å². The number of nitrogens with one attached hydrogen (secondary N) is 1. The molecule has 1 aromatic carbocycles. The van der Waals surface area contributed by atoms with Gasteiger partial charge in [-0.2, -0.15) is 0 Å². The van der Waals surface area contributed by atoms with Gasteiger partial charge in [0.2, 0.25) is 5.91 Å². The second kappa shape index (κ2) is 5.36. The number of likely N-dealkylation sites (N-methyl/N-ethyl adjacent to an activating group) is 2. The summed E-state index contributed by atoms with van der Waals surface area (Å²) >= 11 is 0. The summed E-state index contributed by atoms with van der Waals surface area (Å²) < 4.78 is 0. The fraction of sp³-hybridized carbons (Fsp3) is 0.364. The number of carbonyl (C=O) groups is 1. The molecule has 0 aliphatic carbocycles. The van der Waals surface area contributed by atoms with Crippen LogP contribution < -0.4 is 11.1 Å². The van der Waals surface area contributed by atoms with Crippen LogP contribution in [-0.2, 0) is 11.3 Å². The summed E-state index contributed by atoms with van der Waals surface area (Å²) in [6, 6.07) is 7.68. The molecule has 0 atom stereocenters. The van der Waals surface area contributed by atoms with Crippen LogP contribution in [0.2, 0.25) is 0 Å². The maximum absolute atomic E-state index is 11.1. The van der Waals surface area contributed by atoms with Crippen molar-refractivity contribution < 1.29 is 4.79 Å². The molecule has 0 aliphatic heterocycles. The Hall–Kier alpha value is -1.55. The van der Waals surface area contributed by atoms with Crippen molar-refractivity contribution in [3.8, 4) is 0 Å². The van der Waals surface area contributed by atoms with Crippen molar-refractivity contribution in [2.45, 2.75) is 6.54 Å². The van der Waals surface area contributed by atoms with Gasteiger partial charge in [0.15, 0.2) is 0 Å². The van der Waals surface area contributed by atoms with E-state index < -0.39 is 0 Å². The molecule has 4 heteroatoms. The van der Waals surface area contributed by atoms with E-state index in [-0.39, 0.29) is 5.91 Å². The molecule has 1 aromatic rings. The van der Waals surface area contributed by atoms with Crippen LogP contribution in [0.25, 0.3) is 0 Å². The second-order valence-corrected chi connectivity index (χ2v) is 3.54. The molecule has 0 aliphatic rings. The van der Waals surface area contributed by atoms with E-state index in [4.69, 9.17) is 5.73 Å². The lowest BCUT2D eigenvalue weighted by Crippen LogP contribution is -2.32. The van der Waals surface area contributed by atoms with Crippen LogP contribution in [0.5, 0.6) is 0 Å². The Balaban J connectivity index is 2.55. The monoisotopic (exact) mass is 207 g/mol. The Morgan fingerprint density at radius 2 is 2.13 bits per heavy atom.